The van der Waals surface area contributed by atoms with Crippen molar-refractivity contribution in [2.75, 3.05) is 38.2 Å². The van der Waals surface area contributed by atoms with E-state index in [1.54, 1.807) is 0 Å². The normalized spacial score (nSPS) is 15.4. The van der Waals surface area contributed by atoms with Gasteiger partial charge in [-0.25, -0.2) is 9.97 Å². The fraction of sp³-hybridized carbons (Fsp3) is 0.400. The van der Waals surface area contributed by atoms with E-state index in [4.69, 9.17) is 9.72 Å². The quantitative estimate of drug-likeness (QED) is 0.505. The molecule has 0 bridgehead atoms. The monoisotopic (exact) mass is 433 g/mol. The van der Waals surface area contributed by atoms with E-state index < -0.39 is 0 Å². The molecule has 2 heterocycles. The summed E-state index contributed by atoms with van der Waals surface area (Å²) in [5.41, 5.74) is 2.21. The molecule has 3 aromatic rings. The van der Waals surface area contributed by atoms with E-state index in [0.717, 1.165) is 49.2 Å². The van der Waals surface area contributed by atoms with Crippen molar-refractivity contribution in [2.45, 2.75) is 32.4 Å². The molecule has 1 fully saturated rings. The second-order valence-electron chi connectivity index (χ2n) is 8.06. The van der Waals surface area contributed by atoms with Gasteiger partial charge in [-0.3, -0.25) is 9.69 Å². The van der Waals surface area contributed by atoms with Crippen LogP contribution in [0.3, 0.4) is 0 Å². The smallest absolute Gasteiger partial charge is 0.237 e. The number of carbonyl (C=O) groups excluding carboxylic acids is 1. The predicted molar refractivity (Wildman–Crippen MR) is 126 cm³/mol. The Bertz CT molecular complexity index is 1020. The lowest BCUT2D eigenvalue weighted by Gasteiger charge is -2.31. The first-order valence-electron chi connectivity index (χ1n) is 11.3. The van der Waals surface area contributed by atoms with Crippen molar-refractivity contribution in [3.05, 3.63) is 66.0 Å². The van der Waals surface area contributed by atoms with Crippen LogP contribution in [0.1, 0.15) is 24.7 Å². The molecule has 0 radical (unpaired) electrons. The zero-order valence-electron chi connectivity index (χ0n) is 18.6. The summed E-state index contributed by atoms with van der Waals surface area (Å²) >= 11 is 0. The Hall–Kier alpha value is -3.03. The van der Waals surface area contributed by atoms with Crippen LogP contribution >= 0.6 is 0 Å². The number of fused-ring (bicyclic) bond motifs is 1. The van der Waals surface area contributed by atoms with E-state index in [1.165, 1.54) is 5.56 Å². The highest BCUT2D eigenvalue weighted by atomic mass is 16.5. The van der Waals surface area contributed by atoms with E-state index in [9.17, 15) is 4.79 Å². The minimum absolute atomic E-state index is 0.0129. The number of aromatic nitrogens is 2. The Balaban J connectivity index is 1.38. The lowest BCUT2D eigenvalue weighted by molar-refractivity contribution is -0.127. The largest absolute Gasteiger partial charge is 0.379 e. The van der Waals surface area contributed by atoms with Crippen LogP contribution in [0.2, 0.25) is 0 Å². The number of rotatable bonds is 9. The van der Waals surface area contributed by atoms with Gasteiger partial charge in [0.1, 0.15) is 5.82 Å². The zero-order valence-corrected chi connectivity index (χ0v) is 18.6. The van der Waals surface area contributed by atoms with Gasteiger partial charge in [0, 0.05) is 25.0 Å². The molecule has 1 saturated heterocycles. The third-order valence-corrected chi connectivity index (χ3v) is 5.82. The first kappa shape index (κ1) is 22.2. The summed E-state index contributed by atoms with van der Waals surface area (Å²) in [6.45, 7) is 5.94. The second kappa shape index (κ2) is 11.0. The number of anilines is 1. The number of nitrogens with one attached hydrogen (secondary N) is 2. The van der Waals surface area contributed by atoms with Gasteiger partial charge in [0.05, 0.1) is 31.3 Å². The SMILES string of the molecule is CC(C(=O)NCc1nc(NCCCc2ccccc2)c2ccccc2n1)N1CCOCC1. The lowest BCUT2D eigenvalue weighted by atomic mass is 10.1. The molecule has 1 aliphatic rings. The predicted octanol–water partition coefficient (Wildman–Crippen LogP) is 3.01. The minimum Gasteiger partial charge on any atom is -0.379 e. The molecule has 1 unspecified atom stereocenters. The molecule has 1 atom stereocenters. The molecule has 1 amide bonds. The molecule has 1 aliphatic heterocycles. The van der Waals surface area contributed by atoms with E-state index in [0.29, 0.717) is 25.6 Å². The number of ether oxygens (including phenoxy) is 1. The van der Waals surface area contributed by atoms with Gasteiger partial charge >= 0.3 is 0 Å². The van der Waals surface area contributed by atoms with Crippen LogP contribution in [0.5, 0.6) is 0 Å². The lowest BCUT2D eigenvalue weighted by Crippen LogP contribution is -2.49. The number of morpholine rings is 1. The Labute approximate surface area is 189 Å². The maximum Gasteiger partial charge on any atom is 0.237 e. The molecule has 2 N–H and O–H groups in total. The Morgan fingerprint density at radius 1 is 1.06 bits per heavy atom. The van der Waals surface area contributed by atoms with Gasteiger partial charge in [0.2, 0.25) is 5.91 Å². The highest BCUT2D eigenvalue weighted by Gasteiger charge is 2.23. The summed E-state index contributed by atoms with van der Waals surface area (Å²) in [6, 6.07) is 18.3. The second-order valence-corrected chi connectivity index (χ2v) is 8.06. The Morgan fingerprint density at radius 3 is 2.62 bits per heavy atom. The van der Waals surface area contributed by atoms with E-state index >= 15 is 0 Å². The fourth-order valence-electron chi connectivity index (χ4n) is 3.93. The van der Waals surface area contributed by atoms with Crippen LogP contribution in [0.15, 0.2) is 54.6 Å². The van der Waals surface area contributed by atoms with Crippen LogP contribution in [-0.2, 0) is 22.5 Å². The fourth-order valence-corrected chi connectivity index (χ4v) is 3.93. The topological polar surface area (TPSA) is 79.4 Å². The molecule has 7 nitrogen and oxygen atoms in total. The van der Waals surface area contributed by atoms with Gasteiger partial charge < -0.3 is 15.4 Å². The minimum atomic E-state index is -0.199. The molecule has 0 spiro atoms. The average Bonchev–Trinajstić information content (AvgIpc) is 2.85. The molecule has 32 heavy (non-hydrogen) atoms. The number of aryl methyl sites for hydroxylation is 1. The highest BCUT2D eigenvalue weighted by molar-refractivity contribution is 5.89. The molecule has 0 aliphatic carbocycles. The third kappa shape index (κ3) is 5.81. The summed E-state index contributed by atoms with van der Waals surface area (Å²) in [7, 11) is 0. The highest BCUT2D eigenvalue weighted by Crippen LogP contribution is 2.20. The molecule has 4 rings (SSSR count). The molecule has 7 heteroatoms. The molecule has 1 aromatic heterocycles. The average molecular weight is 434 g/mol. The number of para-hydroxylation sites is 1. The summed E-state index contributed by atoms with van der Waals surface area (Å²) in [6.07, 6.45) is 2.02. The van der Waals surface area contributed by atoms with Gasteiger partial charge in [0.15, 0.2) is 5.82 Å². The van der Waals surface area contributed by atoms with Gasteiger partial charge in [-0.15, -0.1) is 0 Å². The number of carbonyl (C=O) groups is 1. The van der Waals surface area contributed by atoms with Crippen molar-refractivity contribution in [1.82, 2.24) is 20.2 Å². The van der Waals surface area contributed by atoms with Crippen LogP contribution in [-0.4, -0.2) is 59.7 Å². The standard InChI is InChI=1S/C25H31N5O2/c1-19(30-14-16-32-17-15-30)25(31)27-18-23-28-22-12-6-5-11-21(22)24(29-23)26-13-7-10-20-8-3-2-4-9-20/h2-6,8-9,11-12,19H,7,10,13-18H2,1H3,(H,27,31)(H,26,28,29). The molecular weight excluding hydrogens is 402 g/mol. The van der Waals surface area contributed by atoms with Crippen LogP contribution in [0.25, 0.3) is 10.9 Å². The van der Waals surface area contributed by atoms with E-state index in [1.807, 2.05) is 37.3 Å². The zero-order chi connectivity index (χ0) is 22.2. The molecule has 0 saturated carbocycles. The maximum atomic E-state index is 12.6. The Kier molecular flexibility index (Phi) is 7.64. The maximum absolute atomic E-state index is 12.6. The summed E-state index contributed by atoms with van der Waals surface area (Å²) in [5, 5.41) is 7.47. The number of hydrogen-bond donors (Lipinski definition) is 2. The number of benzene rings is 2. The van der Waals surface area contributed by atoms with Crippen LogP contribution < -0.4 is 10.6 Å². The van der Waals surface area contributed by atoms with E-state index in [-0.39, 0.29) is 11.9 Å². The van der Waals surface area contributed by atoms with Crippen LogP contribution in [0, 0.1) is 0 Å². The molecule has 168 valence electrons. The summed E-state index contributed by atoms with van der Waals surface area (Å²) in [4.78, 5) is 24.2. The number of nitrogens with zero attached hydrogens (tertiary/aromatic N) is 3. The van der Waals surface area contributed by atoms with Crippen molar-refractivity contribution < 1.29 is 9.53 Å². The van der Waals surface area contributed by atoms with Crippen molar-refractivity contribution in [3.63, 3.8) is 0 Å². The van der Waals surface area contributed by atoms with E-state index in [2.05, 4.69) is 44.8 Å². The molecule has 2 aromatic carbocycles. The van der Waals surface area contributed by atoms with Crippen molar-refractivity contribution >= 4 is 22.6 Å². The summed E-state index contributed by atoms with van der Waals surface area (Å²) in [5.74, 6) is 1.41. The van der Waals surface area contributed by atoms with Crippen molar-refractivity contribution in [1.29, 1.82) is 0 Å². The van der Waals surface area contributed by atoms with Crippen molar-refractivity contribution in [2.24, 2.45) is 0 Å². The van der Waals surface area contributed by atoms with Gasteiger partial charge in [0.25, 0.3) is 0 Å². The third-order valence-electron chi connectivity index (χ3n) is 5.82. The first-order chi connectivity index (χ1) is 15.7. The first-order valence-corrected chi connectivity index (χ1v) is 11.3. The summed E-state index contributed by atoms with van der Waals surface area (Å²) < 4.78 is 5.38. The number of hydrogen-bond acceptors (Lipinski definition) is 6. The Morgan fingerprint density at radius 2 is 1.81 bits per heavy atom. The van der Waals surface area contributed by atoms with Crippen molar-refractivity contribution in [3.8, 4) is 0 Å². The van der Waals surface area contributed by atoms with Gasteiger partial charge in [-0.1, -0.05) is 42.5 Å². The van der Waals surface area contributed by atoms with Crippen LogP contribution in [0.4, 0.5) is 5.82 Å². The molecular formula is C25H31N5O2. The van der Waals surface area contributed by atoms with Gasteiger partial charge in [-0.05, 0) is 37.5 Å². The number of amides is 1. The van der Waals surface area contributed by atoms with Gasteiger partial charge in [-0.2, -0.15) is 0 Å².